The van der Waals surface area contributed by atoms with E-state index in [0.717, 1.165) is 0 Å². The van der Waals surface area contributed by atoms with Gasteiger partial charge in [-0.05, 0) is 32.9 Å². The van der Waals surface area contributed by atoms with Crippen molar-refractivity contribution in [3.05, 3.63) is 27.7 Å². The molecule has 3 nitrogen and oxygen atoms in total. The van der Waals surface area contributed by atoms with Gasteiger partial charge in [-0.1, -0.05) is 23.2 Å². The van der Waals surface area contributed by atoms with Crippen molar-refractivity contribution in [1.29, 1.82) is 0 Å². The van der Waals surface area contributed by atoms with Crippen LogP contribution in [0.25, 0.3) is 0 Å². The van der Waals surface area contributed by atoms with Gasteiger partial charge < -0.3 is 10.5 Å². The second kappa shape index (κ2) is 4.52. The van der Waals surface area contributed by atoms with Crippen molar-refractivity contribution in [3.8, 4) is 0 Å². The number of nitrogen functional groups attached to an aromatic ring is 1. The summed E-state index contributed by atoms with van der Waals surface area (Å²) in [4.78, 5) is 11.8. The molecule has 0 aromatic heterocycles. The molecule has 0 aliphatic heterocycles. The van der Waals surface area contributed by atoms with Gasteiger partial charge in [0.05, 0.1) is 16.3 Å². The van der Waals surface area contributed by atoms with Crippen LogP contribution >= 0.6 is 23.2 Å². The largest absolute Gasteiger partial charge is 0.456 e. The van der Waals surface area contributed by atoms with E-state index in [1.807, 2.05) is 0 Å². The van der Waals surface area contributed by atoms with E-state index in [9.17, 15) is 4.79 Å². The lowest BCUT2D eigenvalue weighted by molar-refractivity contribution is 0.00698. The molecular weight excluding hydrogens is 249 g/mol. The van der Waals surface area contributed by atoms with Crippen LogP contribution in [0.3, 0.4) is 0 Å². The fraction of sp³-hybridized carbons (Fsp3) is 0.364. The first-order valence-corrected chi connectivity index (χ1v) is 5.44. The van der Waals surface area contributed by atoms with E-state index in [2.05, 4.69) is 0 Å². The molecule has 0 heterocycles. The summed E-state index contributed by atoms with van der Waals surface area (Å²) in [6.07, 6.45) is 0. The predicted molar refractivity (Wildman–Crippen MR) is 66.0 cm³/mol. The number of nitrogens with two attached hydrogens (primary N) is 1. The molecule has 0 atom stereocenters. The molecule has 0 fully saturated rings. The monoisotopic (exact) mass is 261 g/mol. The zero-order chi connectivity index (χ0) is 12.5. The predicted octanol–water partition coefficient (Wildman–Crippen LogP) is 3.53. The Balaban J connectivity index is 3.09. The summed E-state index contributed by atoms with van der Waals surface area (Å²) in [5.74, 6) is -0.535. The molecule has 2 N–H and O–H groups in total. The zero-order valence-corrected chi connectivity index (χ0v) is 10.8. The van der Waals surface area contributed by atoms with Crippen molar-refractivity contribution >= 4 is 34.9 Å². The van der Waals surface area contributed by atoms with Crippen molar-refractivity contribution in [3.63, 3.8) is 0 Å². The van der Waals surface area contributed by atoms with Crippen molar-refractivity contribution in [2.75, 3.05) is 5.73 Å². The van der Waals surface area contributed by atoms with Crippen LogP contribution in [0.15, 0.2) is 12.1 Å². The number of carbonyl (C=O) groups is 1. The highest BCUT2D eigenvalue weighted by atomic mass is 35.5. The average molecular weight is 262 g/mol. The van der Waals surface area contributed by atoms with E-state index in [-0.39, 0.29) is 16.3 Å². The molecule has 1 aromatic carbocycles. The zero-order valence-electron chi connectivity index (χ0n) is 9.30. The number of esters is 1. The van der Waals surface area contributed by atoms with Crippen LogP contribution in [0.5, 0.6) is 0 Å². The molecule has 16 heavy (non-hydrogen) atoms. The number of ether oxygens (including phenoxy) is 1. The number of hydrogen-bond donors (Lipinski definition) is 1. The van der Waals surface area contributed by atoms with Crippen molar-refractivity contribution in [2.24, 2.45) is 0 Å². The van der Waals surface area contributed by atoms with Crippen LogP contribution in [-0.4, -0.2) is 11.6 Å². The second-order valence-electron chi connectivity index (χ2n) is 4.36. The lowest BCUT2D eigenvalue weighted by atomic mass is 10.1. The molecule has 1 aromatic rings. The van der Waals surface area contributed by atoms with Gasteiger partial charge in [0.15, 0.2) is 0 Å². The SMILES string of the molecule is CC(C)(C)OC(=O)c1cc(Cl)cc(N)c1Cl. The second-order valence-corrected chi connectivity index (χ2v) is 5.17. The van der Waals surface area contributed by atoms with Gasteiger partial charge in [0.1, 0.15) is 5.60 Å². The minimum atomic E-state index is -0.586. The number of anilines is 1. The molecular formula is C11H13Cl2NO2. The number of benzene rings is 1. The van der Waals surface area contributed by atoms with Gasteiger partial charge in [-0.2, -0.15) is 0 Å². The first kappa shape index (κ1) is 13.1. The molecule has 0 amide bonds. The summed E-state index contributed by atoms with van der Waals surface area (Å²) in [7, 11) is 0. The third-order valence-electron chi connectivity index (χ3n) is 1.68. The van der Waals surface area contributed by atoms with Crippen LogP contribution in [0.1, 0.15) is 31.1 Å². The summed E-state index contributed by atoms with van der Waals surface area (Å²) in [6, 6.07) is 2.92. The van der Waals surface area contributed by atoms with Crippen LogP contribution in [-0.2, 0) is 4.74 Å². The molecule has 0 aliphatic carbocycles. The minimum Gasteiger partial charge on any atom is -0.456 e. The molecule has 88 valence electrons. The van der Waals surface area contributed by atoms with Gasteiger partial charge in [-0.25, -0.2) is 4.79 Å². The minimum absolute atomic E-state index is 0.165. The number of rotatable bonds is 1. The van der Waals surface area contributed by atoms with E-state index < -0.39 is 11.6 Å². The molecule has 1 rings (SSSR count). The van der Waals surface area contributed by atoms with Gasteiger partial charge in [-0.15, -0.1) is 0 Å². The quantitative estimate of drug-likeness (QED) is 0.622. The lowest BCUT2D eigenvalue weighted by Gasteiger charge is -2.20. The highest BCUT2D eigenvalue weighted by Crippen LogP contribution is 2.29. The third-order valence-corrected chi connectivity index (χ3v) is 2.32. The summed E-state index contributed by atoms with van der Waals surface area (Å²) < 4.78 is 5.18. The fourth-order valence-electron chi connectivity index (χ4n) is 1.09. The maximum Gasteiger partial charge on any atom is 0.340 e. The Hall–Kier alpha value is -0.930. The normalized spacial score (nSPS) is 11.3. The first-order chi connectivity index (χ1) is 7.20. The topological polar surface area (TPSA) is 52.3 Å². The summed E-state index contributed by atoms with van der Waals surface area (Å²) in [5, 5.41) is 0.515. The van der Waals surface area contributed by atoms with E-state index in [0.29, 0.717) is 5.02 Å². The highest BCUT2D eigenvalue weighted by molar-refractivity contribution is 6.37. The maximum absolute atomic E-state index is 11.8. The van der Waals surface area contributed by atoms with E-state index in [1.165, 1.54) is 12.1 Å². The van der Waals surface area contributed by atoms with E-state index in [1.54, 1.807) is 20.8 Å². The number of carbonyl (C=O) groups excluding carboxylic acids is 1. The van der Waals surface area contributed by atoms with E-state index >= 15 is 0 Å². The van der Waals surface area contributed by atoms with Crippen LogP contribution < -0.4 is 5.73 Å². The Bertz CT molecular complexity index is 425. The Labute approximate surface area is 104 Å². The molecule has 0 aliphatic rings. The third kappa shape index (κ3) is 3.29. The van der Waals surface area contributed by atoms with Gasteiger partial charge >= 0.3 is 5.97 Å². The molecule has 5 heteroatoms. The lowest BCUT2D eigenvalue weighted by Crippen LogP contribution is -2.24. The molecule has 0 bridgehead atoms. The Morgan fingerprint density at radius 2 is 1.88 bits per heavy atom. The summed E-state index contributed by atoms with van der Waals surface area (Å²) in [6.45, 7) is 5.31. The summed E-state index contributed by atoms with van der Waals surface area (Å²) in [5.41, 5.74) is 5.45. The standard InChI is InChI=1S/C11H13Cl2NO2/c1-11(2,3)16-10(15)7-4-6(12)5-8(14)9(7)13/h4-5H,14H2,1-3H3. The van der Waals surface area contributed by atoms with E-state index in [4.69, 9.17) is 33.7 Å². The molecule has 0 radical (unpaired) electrons. The molecule has 0 unspecified atom stereocenters. The number of hydrogen-bond acceptors (Lipinski definition) is 3. The average Bonchev–Trinajstić information content (AvgIpc) is 2.08. The highest BCUT2D eigenvalue weighted by Gasteiger charge is 2.21. The van der Waals surface area contributed by atoms with Gasteiger partial charge in [0.2, 0.25) is 0 Å². The van der Waals surface area contributed by atoms with Crippen molar-refractivity contribution in [2.45, 2.75) is 26.4 Å². The Morgan fingerprint density at radius 3 is 2.38 bits per heavy atom. The van der Waals surface area contributed by atoms with Gasteiger partial charge in [-0.3, -0.25) is 0 Å². The van der Waals surface area contributed by atoms with Gasteiger partial charge in [0, 0.05) is 5.02 Å². The van der Waals surface area contributed by atoms with Crippen LogP contribution in [0, 0.1) is 0 Å². The molecule has 0 saturated heterocycles. The van der Waals surface area contributed by atoms with Crippen molar-refractivity contribution < 1.29 is 9.53 Å². The first-order valence-electron chi connectivity index (χ1n) is 4.68. The van der Waals surface area contributed by atoms with Crippen LogP contribution in [0.4, 0.5) is 5.69 Å². The number of halogens is 2. The fourth-order valence-corrected chi connectivity index (χ4v) is 1.50. The van der Waals surface area contributed by atoms with Crippen molar-refractivity contribution in [1.82, 2.24) is 0 Å². The summed E-state index contributed by atoms with van der Waals surface area (Å²) >= 11 is 11.7. The Morgan fingerprint density at radius 1 is 1.31 bits per heavy atom. The Kier molecular flexibility index (Phi) is 3.71. The maximum atomic E-state index is 11.8. The van der Waals surface area contributed by atoms with Gasteiger partial charge in [0.25, 0.3) is 0 Å². The van der Waals surface area contributed by atoms with Crippen LogP contribution in [0.2, 0.25) is 10.0 Å². The molecule has 0 saturated carbocycles. The molecule has 0 spiro atoms. The smallest absolute Gasteiger partial charge is 0.340 e.